The van der Waals surface area contributed by atoms with Crippen LogP contribution in [0.3, 0.4) is 0 Å². The van der Waals surface area contributed by atoms with Crippen LogP contribution in [0.5, 0.6) is 0 Å². The second-order valence-electron chi connectivity index (χ2n) is 9.39. The first kappa shape index (κ1) is 28.0. The van der Waals surface area contributed by atoms with E-state index in [-0.39, 0.29) is 0 Å². The summed E-state index contributed by atoms with van der Waals surface area (Å²) in [5.41, 5.74) is 3.34. The van der Waals surface area contributed by atoms with Gasteiger partial charge in [0.05, 0.1) is 6.61 Å². The Morgan fingerprint density at radius 1 is 1.18 bits per heavy atom. The van der Waals surface area contributed by atoms with E-state index in [1.807, 2.05) is 31.0 Å². The van der Waals surface area contributed by atoms with Gasteiger partial charge in [0.2, 0.25) is 0 Å². The summed E-state index contributed by atoms with van der Waals surface area (Å²) in [6.45, 7) is 14.4. The number of halogens is 1. The van der Waals surface area contributed by atoms with E-state index in [4.69, 9.17) is 21.3 Å². The molecule has 0 aliphatic heterocycles. The number of nitrogens with zero attached hydrogens (tertiary/aromatic N) is 3. The topological polar surface area (TPSA) is 28.1 Å². The molecule has 4 nitrogen and oxygen atoms in total. The average Bonchev–Trinajstić information content (AvgIpc) is 2.86. The Hall–Kier alpha value is -2.20. The largest absolute Gasteiger partial charge is 0.481 e. The molecule has 0 atom stereocenters. The van der Waals surface area contributed by atoms with Crippen molar-refractivity contribution in [3.63, 3.8) is 0 Å². The molecule has 0 heterocycles. The van der Waals surface area contributed by atoms with Crippen molar-refractivity contribution in [3.05, 3.63) is 71.3 Å². The van der Waals surface area contributed by atoms with Crippen molar-refractivity contribution in [1.82, 2.24) is 9.80 Å². The number of hydrogen-bond donors (Lipinski definition) is 0. The molecule has 1 aliphatic carbocycles. The number of hydrogen-bond acceptors (Lipinski definition) is 4. The van der Waals surface area contributed by atoms with Crippen molar-refractivity contribution in [1.29, 1.82) is 0 Å². The van der Waals surface area contributed by atoms with Crippen LogP contribution >= 0.6 is 11.6 Å². The summed E-state index contributed by atoms with van der Waals surface area (Å²) in [5, 5.41) is 0.755. The van der Waals surface area contributed by atoms with Crippen LogP contribution in [0, 0.1) is 5.92 Å². The summed E-state index contributed by atoms with van der Waals surface area (Å²) in [7, 11) is 4.10. The Morgan fingerprint density at radius 2 is 1.85 bits per heavy atom. The first-order valence-corrected chi connectivity index (χ1v) is 13.1. The molecule has 0 N–H and O–H groups in total. The summed E-state index contributed by atoms with van der Waals surface area (Å²) in [4.78, 5) is 9.18. The third-order valence-corrected chi connectivity index (χ3v) is 6.88. The zero-order chi connectivity index (χ0) is 24.9. The maximum absolute atomic E-state index is 6.13. The van der Waals surface area contributed by atoms with Crippen LogP contribution in [0.2, 0.25) is 5.02 Å². The molecule has 0 saturated heterocycles. The van der Waals surface area contributed by atoms with Crippen LogP contribution in [0.1, 0.15) is 70.8 Å². The third kappa shape index (κ3) is 9.21. The number of unbranched alkanes of at least 4 members (excludes halogenated alkanes) is 1. The molecule has 2 rings (SSSR count). The zero-order valence-corrected chi connectivity index (χ0v) is 22.5. The molecule has 1 fully saturated rings. The molecular formula is C29H44ClN3O. The summed E-state index contributed by atoms with van der Waals surface area (Å²) < 4.78 is 6.13. The SMILES string of the molecule is C=CN(C)C(/N=C(\C)OCC1CCCCC1)=C(/CCc1ccc(Cl)cc1)C(=C)N(C)CCCC. The maximum atomic E-state index is 6.13. The number of likely N-dealkylation sites (N-methyl/N-ethyl adjacent to an activating group) is 1. The normalized spacial score (nSPS) is 15.5. The quantitative estimate of drug-likeness (QED) is 0.162. The van der Waals surface area contributed by atoms with Crippen LogP contribution in [0.4, 0.5) is 0 Å². The Bertz CT molecular complexity index is 837. The first-order valence-electron chi connectivity index (χ1n) is 12.8. The molecule has 188 valence electrons. The minimum Gasteiger partial charge on any atom is -0.481 e. The van der Waals surface area contributed by atoms with Gasteiger partial charge in [0.15, 0.2) is 5.90 Å². The number of aliphatic imine (C=N–C) groups is 1. The van der Waals surface area contributed by atoms with Gasteiger partial charge in [-0.15, -0.1) is 0 Å². The second-order valence-corrected chi connectivity index (χ2v) is 9.83. The number of rotatable bonds is 13. The highest BCUT2D eigenvalue weighted by Crippen LogP contribution is 2.27. The highest BCUT2D eigenvalue weighted by Gasteiger charge is 2.18. The van der Waals surface area contributed by atoms with E-state index in [0.717, 1.165) is 60.9 Å². The van der Waals surface area contributed by atoms with E-state index in [0.29, 0.717) is 11.8 Å². The standard InChI is InChI=1S/C29H44ClN3O/c1-7-9-21-33(6)23(3)28(20-17-25-15-18-27(30)19-16-25)29(32(5)8-2)31-24(4)34-22-26-13-11-10-12-14-26/h8,15-16,18-19,26H,2-3,7,9-14,17,20-22H2,1,4-6H3/b29-28-,31-24+. The lowest BCUT2D eigenvalue weighted by molar-refractivity contribution is 0.197. The molecule has 0 amide bonds. The van der Waals surface area contributed by atoms with Gasteiger partial charge in [0.25, 0.3) is 0 Å². The van der Waals surface area contributed by atoms with E-state index < -0.39 is 0 Å². The van der Waals surface area contributed by atoms with E-state index in [2.05, 4.69) is 44.2 Å². The van der Waals surface area contributed by atoms with E-state index in [9.17, 15) is 0 Å². The van der Waals surface area contributed by atoms with Gasteiger partial charge >= 0.3 is 0 Å². The smallest absolute Gasteiger partial charge is 0.186 e. The van der Waals surface area contributed by atoms with Gasteiger partial charge in [-0.25, -0.2) is 0 Å². The highest BCUT2D eigenvalue weighted by atomic mass is 35.5. The summed E-state index contributed by atoms with van der Waals surface area (Å²) in [6, 6.07) is 8.06. The number of ether oxygens (including phenoxy) is 1. The fourth-order valence-corrected chi connectivity index (χ4v) is 4.41. The van der Waals surface area contributed by atoms with Crippen molar-refractivity contribution >= 4 is 17.5 Å². The van der Waals surface area contributed by atoms with Crippen LogP contribution in [0.25, 0.3) is 0 Å². The van der Waals surface area contributed by atoms with E-state index in [1.54, 1.807) is 6.20 Å². The predicted molar refractivity (Wildman–Crippen MR) is 147 cm³/mol. The average molecular weight is 486 g/mol. The number of allylic oxidation sites excluding steroid dienone is 1. The minimum absolute atomic E-state index is 0.642. The highest BCUT2D eigenvalue weighted by molar-refractivity contribution is 6.30. The van der Waals surface area contributed by atoms with Crippen LogP contribution < -0.4 is 0 Å². The van der Waals surface area contributed by atoms with Gasteiger partial charge in [-0.1, -0.05) is 69.5 Å². The molecule has 1 aliphatic rings. The fourth-order valence-electron chi connectivity index (χ4n) is 4.29. The Labute approximate surface area is 213 Å². The minimum atomic E-state index is 0.642. The number of aryl methyl sites for hydroxylation is 1. The van der Waals surface area contributed by atoms with Crippen LogP contribution in [0.15, 0.2) is 65.7 Å². The molecule has 5 heteroatoms. The molecule has 0 bridgehead atoms. The van der Waals surface area contributed by atoms with Crippen LogP contribution in [-0.4, -0.2) is 42.9 Å². The molecule has 1 aromatic rings. The summed E-state index contributed by atoms with van der Waals surface area (Å²) >= 11 is 6.09. The fraction of sp³-hybridized carbons (Fsp3) is 0.552. The second kappa shape index (κ2) is 14.9. The lowest BCUT2D eigenvalue weighted by atomic mass is 9.90. The molecule has 0 unspecified atom stereocenters. The Balaban J connectivity index is 2.31. The molecule has 0 spiro atoms. The van der Waals surface area contributed by atoms with Gasteiger partial charge in [0, 0.05) is 43.9 Å². The van der Waals surface area contributed by atoms with Crippen molar-refractivity contribution in [2.45, 2.75) is 71.6 Å². The predicted octanol–water partition coefficient (Wildman–Crippen LogP) is 7.82. The van der Waals surface area contributed by atoms with Crippen LogP contribution in [-0.2, 0) is 11.2 Å². The van der Waals surface area contributed by atoms with Crippen molar-refractivity contribution in [2.75, 3.05) is 27.2 Å². The molecular weight excluding hydrogens is 442 g/mol. The van der Waals surface area contributed by atoms with Crippen molar-refractivity contribution < 1.29 is 4.74 Å². The van der Waals surface area contributed by atoms with Crippen molar-refractivity contribution in [3.8, 4) is 0 Å². The number of benzene rings is 1. The third-order valence-electron chi connectivity index (χ3n) is 6.63. The Kier molecular flexibility index (Phi) is 12.3. The molecule has 1 saturated carbocycles. The van der Waals surface area contributed by atoms with Gasteiger partial charge in [-0.3, -0.25) is 0 Å². The van der Waals surface area contributed by atoms with Crippen molar-refractivity contribution in [2.24, 2.45) is 10.9 Å². The van der Waals surface area contributed by atoms with Gasteiger partial charge in [-0.05, 0) is 61.9 Å². The van der Waals surface area contributed by atoms with E-state index in [1.165, 1.54) is 37.7 Å². The van der Waals surface area contributed by atoms with E-state index >= 15 is 0 Å². The van der Waals surface area contributed by atoms with Gasteiger partial charge < -0.3 is 14.5 Å². The van der Waals surface area contributed by atoms with Gasteiger partial charge in [0.1, 0.15) is 5.82 Å². The zero-order valence-electron chi connectivity index (χ0n) is 21.8. The maximum Gasteiger partial charge on any atom is 0.186 e. The molecule has 1 aromatic carbocycles. The molecule has 34 heavy (non-hydrogen) atoms. The Morgan fingerprint density at radius 3 is 2.47 bits per heavy atom. The summed E-state index contributed by atoms with van der Waals surface area (Å²) in [5.74, 6) is 2.18. The lowest BCUT2D eigenvalue weighted by Crippen LogP contribution is -2.23. The molecule has 0 radical (unpaired) electrons. The monoisotopic (exact) mass is 485 g/mol. The lowest BCUT2D eigenvalue weighted by Gasteiger charge is -2.28. The van der Waals surface area contributed by atoms with Gasteiger partial charge in [-0.2, -0.15) is 4.99 Å². The molecule has 0 aromatic heterocycles. The summed E-state index contributed by atoms with van der Waals surface area (Å²) in [6.07, 6.45) is 12.2. The first-order chi connectivity index (χ1) is 16.3.